The van der Waals surface area contributed by atoms with Gasteiger partial charge in [0.25, 0.3) is 0 Å². The number of nitrogens with zero attached hydrogens (tertiary/aromatic N) is 1. The van der Waals surface area contributed by atoms with E-state index >= 15 is 0 Å². The Balaban J connectivity index is 2.00. The van der Waals surface area contributed by atoms with Gasteiger partial charge in [0.2, 0.25) is 10.0 Å². The summed E-state index contributed by atoms with van der Waals surface area (Å²) >= 11 is 3.35. The van der Waals surface area contributed by atoms with Crippen LogP contribution < -0.4 is 4.74 Å². The summed E-state index contributed by atoms with van der Waals surface area (Å²) in [5, 5.41) is 0. The molecule has 0 aliphatic carbocycles. The molecule has 4 nitrogen and oxygen atoms in total. The van der Waals surface area contributed by atoms with Crippen molar-refractivity contribution in [2.75, 3.05) is 13.7 Å². The Morgan fingerprint density at radius 2 is 1.96 bits per heavy atom. The van der Waals surface area contributed by atoms with E-state index in [0.29, 0.717) is 15.9 Å². The van der Waals surface area contributed by atoms with Crippen LogP contribution in [0.25, 0.3) is 0 Å². The van der Waals surface area contributed by atoms with Gasteiger partial charge < -0.3 is 4.74 Å². The van der Waals surface area contributed by atoms with E-state index in [4.69, 9.17) is 4.74 Å². The molecule has 1 atom stereocenters. The van der Waals surface area contributed by atoms with E-state index in [2.05, 4.69) is 15.9 Å². The molecule has 6 heteroatoms. The Morgan fingerprint density at radius 1 is 1.17 bits per heavy atom. The fraction of sp³-hybridized carbons (Fsp3) is 0.294. The first-order valence-electron chi connectivity index (χ1n) is 7.44. The first-order valence-corrected chi connectivity index (χ1v) is 9.67. The summed E-state index contributed by atoms with van der Waals surface area (Å²) in [5.74, 6) is 0.743. The molecule has 1 saturated heterocycles. The molecule has 0 N–H and O–H groups in total. The van der Waals surface area contributed by atoms with Crippen LogP contribution in [0.15, 0.2) is 57.9 Å². The maximum absolute atomic E-state index is 13.1. The molecule has 1 heterocycles. The molecule has 0 radical (unpaired) electrons. The third-order valence-corrected chi connectivity index (χ3v) is 7.03. The highest BCUT2D eigenvalue weighted by molar-refractivity contribution is 9.10. The number of hydrogen-bond donors (Lipinski definition) is 0. The lowest BCUT2D eigenvalue weighted by molar-refractivity contribution is 0.390. The lowest BCUT2D eigenvalue weighted by Gasteiger charge is -2.25. The Morgan fingerprint density at radius 3 is 2.70 bits per heavy atom. The molecule has 0 amide bonds. The first-order chi connectivity index (χ1) is 11.0. The second kappa shape index (κ2) is 6.63. The summed E-state index contributed by atoms with van der Waals surface area (Å²) in [6.07, 6.45) is 1.67. The quantitative estimate of drug-likeness (QED) is 0.786. The van der Waals surface area contributed by atoms with E-state index in [9.17, 15) is 8.42 Å². The minimum Gasteiger partial charge on any atom is -0.497 e. The molecule has 0 aromatic heterocycles. The molecule has 0 saturated carbocycles. The van der Waals surface area contributed by atoms with E-state index in [1.165, 1.54) is 0 Å². The van der Waals surface area contributed by atoms with Crippen LogP contribution in [-0.4, -0.2) is 26.4 Å². The Bertz CT molecular complexity index is 807. The van der Waals surface area contributed by atoms with Crippen molar-refractivity contribution >= 4 is 26.0 Å². The number of hydrogen-bond acceptors (Lipinski definition) is 3. The topological polar surface area (TPSA) is 46.6 Å². The van der Waals surface area contributed by atoms with E-state index in [-0.39, 0.29) is 6.04 Å². The Kier molecular flexibility index (Phi) is 4.75. The molecule has 1 aliphatic heterocycles. The molecular weight excluding hydrogens is 378 g/mol. The highest BCUT2D eigenvalue weighted by atomic mass is 79.9. The van der Waals surface area contributed by atoms with Crippen LogP contribution >= 0.6 is 15.9 Å². The Labute approximate surface area is 145 Å². The van der Waals surface area contributed by atoms with Crippen molar-refractivity contribution in [3.8, 4) is 5.75 Å². The van der Waals surface area contributed by atoms with Crippen LogP contribution in [-0.2, 0) is 10.0 Å². The molecule has 122 valence electrons. The largest absolute Gasteiger partial charge is 0.497 e. The summed E-state index contributed by atoms with van der Waals surface area (Å²) in [4.78, 5) is 0.315. The van der Waals surface area contributed by atoms with Gasteiger partial charge in [-0.3, -0.25) is 0 Å². The number of ether oxygens (including phenoxy) is 1. The number of methoxy groups -OCH3 is 1. The maximum atomic E-state index is 13.1. The van der Waals surface area contributed by atoms with Crippen LogP contribution in [0, 0.1) is 0 Å². The van der Waals surface area contributed by atoms with Gasteiger partial charge in [-0.2, -0.15) is 4.31 Å². The molecular formula is C17H18BrNO3S. The van der Waals surface area contributed by atoms with Crippen molar-refractivity contribution in [2.45, 2.75) is 23.8 Å². The zero-order valence-corrected chi connectivity index (χ0v) is 15.2. The highest BCUT2D eigenvalue weighted by Crippen LogP contribution is 2.38. The Hall–Kier alpha value is -1.37. The van der Waals surface area contributed by atoms with Crippen molar-refractivity contribution in [1.82, 2.24) is 4.31 Å². The minimum absolute atomic E-state index is 0.151. The lowest BCUT2D eigenvalue weighted by atomic mass is 10.1. The van der Waals surface area contributed by atoms with Gasteiger partial charge in [-0.25, -0.2) is 8.42 Å². The average molecular weight is 396 g/mol. The maximum Gasteiger partial charge on any atom is 0.244 e. The van der Waals surface area contributed by atoms with Gasteiger partial charge in [0.05, 0.1) is 18.0 Å². The first kappa shape index (κ1) is 16.5. The van der Waals surface area contributed by atoms with Crippen molar-refractivity contribution in [3.63, 3.8) is 0 Å². The van der Waals surface area contributed by atoms with Gasteiger partial charge in [0.1, 0.15) is 5.75 Å². The van der Waals surface area contributed by atoms with Crippen LogP contribution in [0.1, 0.15) is 24.4 Å². The minimum atomic E-state index is -3.54. The SMILES string of the molecule is COc1cccc([C@@H]2CCCN2S(=O)(=O)c2ccccc2Br)c1. The molecule has 2 aromatic rings. The number of sulfonamides is 1. The van der Waals surface area contributed by atoms with E-state index < -0.39 is 10.0 Å². The third kappa shape index (κ3) is 3.16. The van der Waals surface area contributed by atoms with Crippen LogP contribution in [0.2, 0.25) is 0 Å². The van der Waals surface area contributed by atoms with Crippen LogP contribution in [0.4, 0.5) is 0 Å². The van der Waals surface area contributed by atoms with Gasteiger partial charge in [-0.15, -0.1) is 0 Å². The molecule has 2 aromatic carbocycles. The smallest absolute Gasteiger partial charge is 0.244 e. The van der Waals surface area contributed by atoms with Crippen molar-refractivity contribution in [1.29, 1.82) is 0 Å². The van der Waals surface area contributed by atoms with Crippen molar-refractivity contribution in [3.05, 3.63) is 58.6 Å². The predicted octanol–water partition coefficient (Wildman–Crippen LogP) is 3.98. The van der Waals surface area contributed by atoms with Gasteiger partial charge >= 0.3 is 0 Å². The van der Waals surface area contributed by atoms with Crippen molar-refractivity contribution in [2.24, 2.45) is 0 Å². The molecule has 3 rings (SSSR count). The lowest BCUT2D eigenvalue weighted by Crippen LogP contribution is -2.30. The highest BCUT2D eigenvalue weighted by Gasteiger charge is 2.37. The van der Waals surface area contributed by atoms with Crippen molar-refractivity contribution < 1.29 is 13.2 Å². The summed E-state index contributed by atoms with van der Waals surface area (Å²) in [5.41, 5.74) is 0.970. The normalized spacial score (nSPS) is 19.0. The third-order valence-electron chi connectivity index (χ3n) is 4.11. The fourth-order valence-corrected chi connectivity index (χ4v) is 5.64. The van der Waals surface area contributed by atoms with E-state index in [1.54, 1.807) is 29.6 Å². The second-order valence-electron chi connectivity index (χ2n) is 5.48. The predicted molar refractivity (Wildman–Crippen MR) is 93.0 cm³/mol. The van der Waals surface area contributed by atoms with Gasteiger partial charge in [-0.05, 0) is 58.6 Å². The van der Waals surface area contributed by atoms with E-state index in [1.807, 2.05) is 30.3 Å². The summed E-state index contributed by atoms with van der Waals surface area (Å²) in [7, 11) is -1.93. The van der Waals surface area contributed by atoms with Gasteiger partial charge in [-0.1, -0.05) is 24.3 Å². The molecule has 1 fully saturated rings. The van der Waals surface area contributed by atoms with E-state index in [0.717, 1.165) is 24.2 Å². The van der Waals surface area contributed by atoms with Gasteiger partial charge in [0.15, 0.2) is 0 Å². The monoisotopic (exact) mass is 395 g/mol. The van der Waals surface area contributed by atoms with Crippen LogP contribution in [0.3, 0.4) is 0 Å². The van der Waals surface area contributed by atoms with Crippen LogP contribution in [0.5, 0.6) is 5.75 Å². The molecule has 0 unspecified atom stereocenters. The fourth-order valence-electron chi connectivity index (χ4n) is 2.99. The summed E-state index contributed by atoms with van der Waals surface area (Å²) in [6.45, 7) is 0.533. The standard InChI is InChI=1S/C17H18BrNO3S/c1-22-14-7-4-6-13(12-14)16-9-5-11-19(16)23(20,21)17-10-3-2-8-15(17)18/h2-4,6-8,10,12,16H,5,9,11H2,1H3/t16-/m0/s1. The zero-order chi connectivity index (χ0) is 16.4. The molecule has 23 heavy (non-hydrogen) atoms. The summed E-state index contributed by atoms with van der Waals surface area (Å²) in [6, 6.07) is 14.4. The molecule has 0 bridgehead atoms. The van der Waals surface area contributed by atoms with Gasteiger partial charge in [0, 0.05) is 11.0 Å². The molecule has 0 spiro atoms. The number of halogens is 1. The summed E-state index contributed by atoms with van der Waals surface area (Å²) < 4.78 is 33.6. The number of rotatable bonds is 4. The average Bonchev–Trinajstić information content (AvgIpc) is 3.05. The molecule has 1 aliphatic rings. The zero-order valence-electron chi connectivity index (χ0n) is 12.8. The number of benzene rings is 2. The second-order valence-corrected chi connectivity index (χ2v) is 8.19.